The van der Waals surface area contributed by atoms with E-state index in [2.05, 4.69) is 20.3 Å². The molecule has 3 heterocycles. The van der Waals surface area contributed by atoms with Crippen LogP contribution in [-0.2, 0) is 11.2 Å². The number of carbonyl (C=O) groups excluding carboxylic acids is 1. The zero-order valence-corrected chi connectivity index (χ0v) is 16.7. The molecule has 1 fully saturated rings. The molecule has 0 spiro atoms. The van der Waals surface area contributed by atoms with E-state index in [-0.39, 0.29) is 17.7 Å². The SMILES string of the molecule is O=C(CCc1ccc(O)cc1)N1CCCCC1c1ccc(Nc2cnccn2)nc1. The van der Waals surface area contributed by atoms with E-state index in [1.807, 2.05) is 35.4 Å². The van der Waals surface area contributed by atoms with Crippen molar-refractivity contribution in [1.29, 1.82) is 0 Å². The summed E-state index contributed by atoms with van der Waals surface area (Å²) in [6.45, 7) is 0.776. The van der Waals surface area contributed by atoms with Crippen molar-refractivity contribution in [3.05, 3.63) is 72.3 Å². The molecule has 1 aromatic carbocycles. The zero-order valence-electron chi connectivity index (χ0n) is 16.7. The summed E-state index contributed by atoms with van der Waals surface area (Å²) >= 11 is 0. The number of piperidine rings is 1. The molecule has 1 amide bonds. The lowest BCUT2D eigenvalue weighted by Gasteiger charge is -2.36. The molecule has 0 radical (unpaired) electrons. The highest BCUT2D eigenvalue weighted by Gasteiger charge is 2.27. The average molecular weight is 403 g/mol. The fraction of sp³-hybridized carbons (Fsp3) is 0.304. The number of pyridine rings is 1. The van der Waals surface area contributed by atoms with Crippen molar-refractivity contribution >= 4 is 17.5 Å². The number of likely N-dealkylation sites (tertiary alicyclic amines) is 1. The highest BCUT2D eigenvalue weighted by atomic mass is 16.3. The lowest BCUT2D eigenvalue weighted by Crippen LogP contribution is -2.38. The van der Waals surface area contributed by atoms with Gasteiger partial charge in [-0.1, -0.05) is 18.2 Å². The third kappa shape index (κ3) is 4.92. The molecule has 1 atom stereocenters. The van der Waals surface area contributed by atoms with Crippen LogP contribution in [0.5, 0.6) is 5.75 Å². The van der Waals surface area contributed by atoms with Crippen LogP contribution < -0.4 is 5.32 Å². The van der Waals surface area contributed by atoms with Gasteiger partial charge in [0.25, 0.3) is 0 Å². The molecule has 4 rings (SSSR count). The Morgan fingerprint density at radius 1 is 1.03 bits per heavy atom. The van der Waals surface area contributed by atoms with Crippen molar-refractivity contribution in [3.8, 4) is 5.75 Å². The molecule has 30 heavy (non-hydrogen) atoms. The predicted molar refractivity (Wildman–Crippen MR) is 114 cm³/mol. The highest BCUT2D eigenvalue weighted by Crippen LogP contribution is 2.32. The molecule has 0 saturated carbocycles. The number of carbonyl (C=O) groups is 1. The van der Waals surface area contributed by atoms with Gasteiger partial charge in [0.2, 0.25) is 5.91 Å². The number of phenols is 1. The largest absolute Gasteiger partial charge is 0.508 e. The van der Waals surface area contributed by atoms with Gasteiger partial charge in [-0.3, -0.25) is 9.78 Å². The smallest absolute Gasteiger partial charge is 0.223 e. The molecule has 1 aliphatic rings. The number of hydrogen-bond acceptors (Lipinski definition) is 6. The Hall–Kier alpha value is -3.48. The molecular formula is C23H25N5O2. The minimum Gasteiger partial charge on any atom is -0.508 e. The molecule has 154 valence electrons. The molecule has 0 aliphatic carbocycles. The number of aromatic hydroxyl groups is 1. The molecular weight excluding hydrogens is 378 g/mol. The Morgan fingerprint density at radius 2 is 1.90 bits per heavy atom. The molecule has 1 saturated heterocycles. The first-order valence-corrected chi connectivity index (χ1v) is 10.3. The fourth-order valence-electron chi connectivity index (χ4n) is 3.81. The van der Waals surface area contributed by atoms with E-state index in [0.717, 1.165) is 36.9 Å². The third-order valence-corrected chi connectivity index (χ3v) is 5.38. The predicted octanol–water partition coefficient (Wildman–Crippen LogP) is 4.01. The topological polar surface area (TPSA) is 91.2 Å². The van der Waals surface area contributed by atoms with Crippen molar-refractivity contribution in [3.63, 3.8) is 0 Å². The Bertz CT molecular complexity index is 961. The zero-order chi connectivity index (χ0) is 20.8. The lowest BCUT2D eigenvalue weighted by atomic mass is 9.95. The number of anilines is 2. The van der Waals surface area contributed by atoms with Gasteiger partial charge < -0.3 is 15.3 Å². The average Bonchev–Trinajstić information content (AvgIpc) is 2.80. The number of phenolic OH excluding ortho intramolecular Hbond substituents is 1. The van der Waals surface area contributed by atoms with Gasteiger partial charge in [0.15, 0.2) is 0 Å². The molecule has 1 unspecified atom stereocenters. The maximum Gasteiger partial charge on any atom is 0.223 e. The maximum absolute atomic E-state index is 13.0. The summed E-state index contributed by atoms with van der Waals surface area (Å²) in [5, 5.41) is 12.5. The van der Waals surface area contributed by atoms with E-state index < -0.39 is 0 Å². The Morgan fingerprint density at radius 3 is 2.63 bits per heavy atom. The minimum absolute atomic E-state index is 0.0594. The van der Waals surface area contributed by atoms with Crippen LogP contribution in [0.2, 0.25) is 0 Å². The van der Waals surface area contributed by atoms with Crippen LogP contribution in [0.1, 0.15) is 42.9 Å². The van der Waals surface area contributed by atoms with E-state index >= 15 is 0 Å². The van der Waals surface area contributed by atoms with Crippen molar-refractivity contribution in [2.24, 2.45) is 0 Å². The number of amides is 1. The second kappa shape index (κ2) is 9.35. The quantitative estimate of drug-likeness (QED) is 0.646. The van der Waals surface area contributed by atoms with Crippen LogP contribution >= 0.6 is 0 Å². The van der Waals surface area contributed by atoms with Crippen molar-refractivity contribution in [1.82, 2.24) is 19.9 Å². The van der Waals surface area contributed by atoms with Gasteiger partial charge in [0.1, 0.15) is 17.4 Å². The summed E-state index contributed by atoms with van der Waals surface area (Å²) in [5.41, 5.74) is 2.10. The maximum atomic E-state index is 13.0. The number of rotatable bonds is 6. The van der Waals surface area contributed by atoms with Crippen LogP contribution in [0.3, 0.4) is 0 Å². The van der Waals surface area contributed by atoms with Crippen LogP contribution in [0.15, 0.2) is 61.2 Å². The van der Waals surface area contributed by atoms with E-state index in [4.69, 9.17) is 0 Å². The second-order valence-corrected chi connectivity index (χ2v) is 7.46. The van der Waals surface area contributed by atoms with E-state index in [1.54, 1.807) is 30.7 Å². The summed E-state index contributed by atoms with van der Waals surface area (Å²) in [6, 6.07) is 11.0. The molecule has 7 heteroatoms. The first kappa shape index (κ1) is 19.8. The summed E-state index contributed by atoms with van der Waals surface area (Å²) in [4.78, 5) is 27.7. The Labute approximate surface area is 175 Å². The van der Waals surface area contributed by atoms with Crippen molar-refractivity contribution in [2.75, 3.05) is 11.9 Å². The summed E-state index contributed by atoms with van der Waals surface area (Å²) in [6.07, 6.45) is 10.9. The molecule has 7 nitrogen and oxygen atoms in total. The van der Waals surface area contributed by atoms with Crippen molar-refractivity contribution < 1.29 is 9.90 Å². The van der Waals surface area contributed by atoms with Gasteiger partial charge in [-0.05, 0) is 55.0 Å². The molecule has 1 aliphatic heterocycles. The van der Waals surface area contributed by atoms with Crippen LogP contribution in [0.4, 0.5) is 11.6 Å². The third-order valence-electron chi connectivity index (χ3n) is 5.38. The van der Waals surface area contributed by atoms with E-state index in [0.29, 0.717) is 24.5 Å². The molecule has 3 aromatic rings. The van der Waals surface area contributed by atoms with Crippen molar-refractivity contribution in [2.45, 2.75) is 38.1 Å². The number of nitrogens with zero attached hydrogens (tertiary/aromatic N) is 4. The van der Waals surface area contributed by atoms with Crippen LogP contribution in [0, 0.1) is 0 Å². The normalized spacial score (nSPS) is 16.3. The summed E-state index contributed by atoms with van der Waals surface area (Å²) < 4.78 is 0. The number of aryl methyl sites for hydroxylation is 1. The van der Waals surface area contributed by atoms with Gasteiger partial charge in [-0.25, -0.2) is 9.97 Å². The van der Waals surface area contributed by atoms with Gasteiger partial charge in [0, 0.05) is 31.6 Å². The Balaban J connectivity index is 1.41. The van der Waals surface area contributed by atoms with E-state index in [1.165, 1.54) is 0 Å². The Kier molecular flexibility index (Phi) is 6.17. The first-order chi connectivity index (χ1) is 14.7. The standard InChI is InChI=1S/C23H25N5O2/c29-19-8-4-17(5-9-19)6-11-23(30)28-14-2-1-3-20(28)18-7-10-21(26-15-18)27-22-16-24-12-13-25-22/h4-5,7-10,12-13,15-16,20,29H,1-3,6,11,14H2,(H,25,26,27). The number of aromatic nitrogens is 3. The van der Waals surface area contributed by atoms with Crippen LogP contribution in [-0.4, -0.2) is 37.4 Å². The molecule has 0 bridgehead atoms. The van der Waals surface area contributed by atoms with Crippen LogP contribution in [0.25, 0.3) is 0 Å². The van der Waals surface area contributed by atoms with Gasteiger partial charge in [-0.15, -0.1) is 0 Å². The number of benzene rings is 1. The molecule has 2 aromatic heterocycles. The fourth-order valence-corrected chi connectivity index (χ4v) is 3.81. The monoisotopic (exact) mass is 403 g/mol. The van der Waals surface area contributed by atoms with E-state index in [9.17, 15) is 9.90 Å². The number of hydrogen-bond donors (Lipinski definition) is 2. The summed E-state index contributed by atoms with van der Waals surface area (Å²) in [5.74, 6) is 1.74. The lowest BCUT2D eigenvalue weighted by molar-refractivity contribution is -0.135. The van der Waals surface area contributed by atoms with Gasteiger partial charge in [0.05, 0.1) is 12.2 Å². The van der Waals surface area contributed by atoms with Gasteiger partial charge >= 0.3 is 0 Å². The summed E-state index contributed by atoms with van der Waals surface area (Å²) in [7, 11) is 0. The first-order valence-electron chi connectivity index (χ1n) is 10.3. The van der Waals surface area contributed by atoms with Gasteiger partial charge in [-0.2, -0.15) is 0 Å². The molecule has 2 N–H and O–H groups in total. The minimum atomic E-state index is 0.0594. The number of nitrogens with one attached hydrogen (secondary N) is 1. The second-order valence-electron chi connectivity index (χ2n) is 7.46. The highest BCUT2D eigenvalue weighted by molar-refractivity contribution is 5.77.